The Labute approximate surface area is 205 Å². The van der Waals surface area contributed by atoms with Crippen LogP contribution in [0.25, 0.3) is 27.8 Å². The van der Waals surface area contributed by atoms with Crippen molar-refractivity contribution in [1.29, 1.82) is 0 Å². The molecule has 35 heavy (non-hydrogen) atoms. The van der Waals surface area contributed by atoms with Gasteiger partial charge in [-0.2, -0.15) is 0 Å². The van der Waals surface area contributed by atoms with Crippen molar-refractivity contribution in [1.82, 2.24) is 24.5 Å². The van der Waals surface area contributed by atoms with Crippen LogP contribution in [-0.4, -0.2) is 70.8 Å². The third kappa shape index (κ3) is 4.10. The summed E-state index contributed by atoms with van der Waals surface area (Å²) in [6.45, 7) is 3.74. The molecule has 4 aromatic rings. The summed E-state index contributed by atoms with van der Waals surface area (Å²) in [7, 11) is 4.25. The third-order valence-corrected chi connectivity index (χ3v) is 7.66. The molecular weight excluding hydrogens is 441 g/mol. The molecule has 2 saturated heterocycles. The van der Waals surface area contributed by atoms with Gasteiger partial charge in [0.1, 0.15) is 5.82 Å². The highest BCUT2D eigenvalue weighted by molar-refractivity contribution is 5.84. The monoisotopic (exact) mass is 473 g/mol. The smallest absolute Gasteiger partial charge is 0.232 e. The molecule has 2 aromatic carbocycles. The van der Waals surface area contributed by atoms with Crippen LogP contribution in [0.2, 0.25) is 0 Å². The highest BCUT2D eigenvalue weighted by Gasteiger charge is 2.23. The number of fused-ring (bicyclic) bond motifs is 3. The van der Waals surface area contributed by atoms with Crippen LogP contribution in [0.4, 0.5) is 16.0 Å². The number of piperidine rings is 2. The molecule has 8 heteroatoms. The van der Waals surface area contributed by atoms with Gasteiger partial charge >= 0.3 is 0 Å². The molecule has 0 atom stereocenters. The van der Waals surface area contributed by atoms with E-state index >= 15 is 4.39 Å². The molecule has 0 radical (unpaired) electrons. The Balaban J connectivity index is 1.34. The van der Waals surface area contributed by atoms with Crippen molar-refractivity contribution < 1.29 is 4.39 Å². The summed E-state index contributed by atoms with van der Waals surface area (Å²) in [5.74, 6) is 0.701. The molecule has 0 unspecified atom stereocenters. The standard InChI is InChI=1S/C27H32FN7/c1-32(2)21-10-14-33(15-11-21)24-9-7-19(16-22(24)28)20-6-8-23-25(17-20)35-26(18-29-23)30-31-27(35)34-12-4-3-5-13-34/h6-9,16-18,21H,3-5,10-15H2,1-2H3. The Bertz CT molecular complexity index is 1350. The van der Waals surface area contributed by atoms with E-state index in [-0.39, 0.29) is 5.82 Å². The van der Waals surface area contributed by atoms with E-state index in [1.54, 1.807) is 12.3 Å². The number of rotatable bonds is 4. The fraction of sp³-hybridized carbons (Fsp3) is 0.444. The SMILES string of the molecule is CN(C)C1CCN(c2ccc(-c3ccc4ncc5nnc(N6CCCCC6)n5c4c3)cc2F)CC1. The molecule has 0 saturated carbocycles. The summed E-state index contributed by atoms with van der Waals surface area (Å²) >= 11 is 0. The molecule has 2 fully saturated rings. The van der Waals surface area contributed by atoms with E-state index in [2.05, 4.69) is 54.4 Å². The van der Waals surface area contributed by atoms with E-state index in [1.165, 1.54) is 19.3 Å². The first-order valence-corrected chi connectivity index (χ1v) is 12.7. The highest BCUT2D eigenvalue weighted by Crippen LogP contribution is 2.31. The predicted molar refractivity (Wildman–Crippen MR) is 139 cm³/mol. The third-order valence-electron chi connectivity index (χ3n) is 7.66. The first kappa shape index (κ1) is 22.2. The van der Waals surface area contributed by atoms with E-state index in [0.717, 1.165) is 72.8 Å². The number of aromatic nitrogens is 4. The number of hydrogen-bond donors (Lipinski definition) is 0. The van der Waals surface area contributed by atoms with Crippen LogP contribution < -0.4 is 9.80 Å². The molecule has 2 aliphatic heterocycles. The van der Waals surface area contributed by atoms with Crippen LogP contribution in [0, 0.1) is 5.82 Å². The van der Waals surface area contributed by atoms with Crippen LogP contribution in [0.5, 0.6) is 0 Å². The quantitative estimate of drug-likeness (QED) is 0.432. The first-order chi connectivity index (χ1) is 17.1. The molecule has 0 aliphatic carbocycles. The lowest BCUT2D eigenvalue weighted by atomic mass is 10.0. The van der Waals surface area contributed by atoms with Gasteiger partial charge in [0.2, 0.25) is 5.95 Å². The molecule has 2 aromatic heterocycles. The lowest BCUT2D eigenvalue weighted by molar-refractivity contribution is 0.249. The van der Waals surface area contributed by atoms with Crippen molar-refractivity contribution in [2.24, 2.45) is 0 Å². The summed E-state index contributed by atoms with van der Waals surface area (Å²) < 4.78 is 17.4. The maximum absolute atomic E-state index is 15.3. The molecule has 182 valence electrons. The second-order valence-corrected chi connectivity index (χ2v) is 10.1. The number of hydrogen-bond acceptors (Lipinski definition) is 6. The van der Waals surface area contributed by atoms with Gasteiger partial charge in [0.25, 0.3) is 0 Å². The van der Waals surface area contributed by atoms with Gasteiger partial charge in [0, 0.05) is 32.2 Å². The summed E-state index contributed by atoms with van der Waals surface area (Å²) in [6.07, 6.45) is 7.48. The van der Waals surface area contributed by atoms with Gasteiger partial charge < -0.3 is 14.7 Å². The van der Waals surface area contributed by atoms with E-state index in [1.807, 2.05) is 24.3 Å². The zero-order valence-corrected chi connectivity index (χ0v) is 20.5. The molecule has 0 spiro atoms. The van der Waals surface area contributed by atoms with Crippen molar-refractivity contribution in [3.8, 4) is 11.1 Å². The van der Waals surface area contributed by atoms with Gasteiger partial charge in [-0.3, -0.25) is 9.38 Å². The number of nitrogens with zero attached hydrogens (tertiary/aromatic N) is 7. The lowest BCUT2D eigenvalue weighted by Crippen LogP contribution is -2.42. The van der Waals surface area contributed by atoms with Crippen LogP contribution in [0.15, 0.2) is 42.6 Å². The average Bonchev–Trinajstić information content (AvgIpc) is 3.34. The van der Waals surface area contributed by atoms with Crippen molar-refractivity contribution in [3.05, 3.63) is 48.4 Å². The number of benzene rings is 2. The zero-order chi connectivity index (χ0) is 23.9. The predicted octanol–water partition coefficient (Wildman–Crippen LogP) is 4.60. The number of halogens is 1. The maximum Gasteiger partial charge on any atom is 0.232 e. The second-order valence-electron chi connectivity index (χ2n) is 10.1. The van der Waals surface area contributed by atoms with Gasteiger partial charge in [0.05, 0.1) is 22.9 Å². The Morgan fingerprint density at radius 2 is 1.60 bits per heavy atom. The van der Waals surface area contributed by atoms with Gasteiger partial charge in [-0.05, 0) is 81.6 Å². The maximum atomic E-state index is 15.3. The largest absolute Gasteiger partial charge is 0.369 e. The Hall–Kier alpha value is -3.26. The van der Waals surface area contributed by atoms with E-state index < -0.39 is 0 Å². The van der Waals surface area contributed by atoms with E-state index in [0.29, 0.717) is 11.7 Å². The first-order valence-electron chi connectivity index (χ1n) is 12.7. The summed E-state index contributed by atoms with van der Waals surface area (Å²) in [5, 5.41) is 8.88. The van der Waals surface area contributed by atoms with Crippen molar-refractivity contribution in [3.63, 3.8) is 0 Å². The Morgan fingerprint density at radius 3 is 2.34 bits per heavy atom. The zero-order valence-electron chi connectivity index (χ0n) is 20.5. The van der Waals surface area contributed by atoms with Gasteiger partial charge in [-0.15, -0.1) is 10.2 Å². The topological polar surface area (TPSA) is 52.8 Å². The molecule has 7 nitrogen and oxygen atoms in total. The highest BCUT2D eigenvalue weighted by atomic mass is 19.1. The fourth-order valence-corrected chi connectivity index (χ4v) is 5.59. The summed E-state index contributed by atoms with van der Waals surface area (Å²) in [5.41, 5.74) is 5.07. The van der Waals surface area contributed by atoms with Crippen LogP contribution >= 0.6 is 0 Å². The molecule has 0 bridgehead atoms. The fourth-order valence-electron chi connectivity index (χ4n) is 5.59. The minimum absolute atomic E-state index is 0.166. The summed E-state index contributed by atoms with van der Waals surface area (Å²) in [6, 6.07) is 12.3. The molecule has 6 rings (SSSR count). The average molecular weight is 474 g/mol. The van der Waals surface area contributed by atoms with Gasteiger partial charge in [0.15, 0.2) is 5.65 Å². The van der Waals surface area contributed by atoms with Crippen molar-refractivity contribution in [2.75, 3.05) is 50.1 Å². The molecule has 2 aliphatic rings. The van der Waals surface area contributed by atoms with Gasteiger partial charge in [-0.25, -0.2) is 4.39 Å². The number of anilines is 2. The summed E-state index contributed by atoms with van der Waals surface area (Å²) in [4.78, 5) is 11.3. The Kier molecular flexibility index (Phi) is 5.76. The second kappa shape index (κ2) is 9.07. The lowest BCUT2D eigenvalue weighted by Gasteiger charge is -2.36. The molecular formula is C27H32FN7. The minimum atomic E-state index is -0.166. The Morgan fingerprint density at radius 1 is 0.857 bits per heavy atom. The van der Waals surface area contributed by atoms with Crippen LogP contribution in [0.3, 0.4) is 0 Å². The van der Waals surface area contributed by atoms with Crippen LogP contribution in [-0.2, 0) is 0 Å². The minimum Gasteiger partial charge on any atom is -0.369 e. The van der Waals surface area contributed by atoms with Crippen LogP contribution in [0.1, 0.15) is 32.1 Å². The van der Waals surface area contributed by atoms with Gasteiger partial charge in [-0.1, -0.05) is 12.1 Å². The van der Waals surface area contributed by atoms with Crippen molar-refractivity contribution in [2.45, 2.75) is 38.1 Å². The molecule has 4 heterocycles. The normalized spacial score (nSPS) is 17.7. The van der Waals surface area contributed by atoms with Crippen molar-refractivity contribution >= 4 is 28.3 Å². The van der Waals surface area contributed by atoms with E-state index in [4.69, 9.17) is 0 Å². The van der Waals surface area contributed by atoms with E-state index in [9.17, 15) is 0 Å². The molecule has 0 N–H and O–H groups in total. The molecule has 0 amide bonds.